The molecule has 6 aromatic rings. The minimum atomic E-state index is -0.755. The molecule has 34 heteroatoms. The molecule has 0 N–H and O–H groups in total. The summed E-state index contributed by atoms with van der Waals surface area (Å²) in [6.45, 7) is 11.1. The maximum atomic E-state index is 13.2. The number of aromatic nitrogens is 15. The zero-order chi connectivity index (χ0) is 50.2. The Hall–Kier alpha value is -6.07. The van der Waals surface area contributed by atoms with Crippen molar-refractivity contribution in [2.75, 3.05) is 59.3 Å². The van der Waals surface area contributed by atoms with E-state index < -0.39 is 35.8 Å². The Bertz CT molecular complexity index is 2480. The first-order valence-electron chi connectivity index (χ1n) is 21.0. The number of esters is 6. The quantitative estimate of drug-likeness (QED) is 0.0528. The highest BCUT2D eigenvalue weighted by molar-refractivity contribution is 8.01. The fourth-order valence-corrected chi connectivity index (χ4v) is 10.9. The maximum Gasteiger partial charge on any atom is 0.361 e. The first-order chi connectivity index (χ1) is 34.0. The summed E-state index contributed by atoms with van der Waals surface area (Å²) in [7, 11) is 0. The second kappa shape index (κ2) is 26.2. The summed E-state index contributed by atoms with van der Waals surface area (Å²) in [5.41, 5.74) is -0.519. The Morgan fingerprint density at radius 1 is 0.400 bits per heavy atom. The lowest BCUT2D eigenvalue weighted by Gasteiger charge is -2.23. The second-order valence-electron chi connectivity index (χ2n) is 13.1. The monoisotopic (exact) mass is 1080 g/mol. The van der Waals surface area contributed by atoms with Crippen LogP contribution in [0.1, 0.15) is 104 Å². The van der Waals surface area contributed by atoms with Crippen molar-refractivity contribution in [1.82, 2.24) is 78.6 Å². The van der Waals surface area contributed by atoms with Gasteiger partial charge in [0.2, 0.25) is 17.1 Å². The van der Waals surface area contributed by atoms with Crippen molar-refractivity contribution in [2.24, 2.45) is 0 Å². The molecule has 6 rings (SSSR count). The Labute approximate surface area is 421 Å². The molecule has 0 saturated heterocycles. The fourth-order valence-electron chi connectivity index (χ4n) is 5.66. The van der Waals surface area contributed by atoms with E-state index in [0.717, 1.165) is 69.9 Å². The molecule has 0 unspecified atom stereocenters. The third-order valence-corrected chi connectivity index (χ3v) is 14.6. The summed E-state index contributed by atoms with van der Waals surface area (Å²) in [4.78, 5) is 79.8. The van der Waals surface area contributed by atoms with Crippen LogP contribution in [-0.4, -0.2) is 174 Å². The number of nitrogens with zero attached hydrogens (tertiary/aromatic N) is 16. The molecule has 0 saturated carbocycles. The van der Waals surface area contributed by atoms with Crippen molar-refractivity contribution in [1.29, 1.82) is 0 Å². The largest absolute Gasteiger partial charge is 0.461 e. The summed E-state index contributed by atoms with van der Waals surface area (Å²) in [5, 5.41) is 37.8. The molecule has 0 bridgehead atoms. The van der Waals surface area contributed by atoms with Gasteiger partial charge in [0.25, 0.3) is 0 Å². The van der Waals surface area contributed by atoms with Gasteiger partial charge in [-0.25, -0.2) is 42.8 Å². The van der Waals surface area contributed by atoms with Crippen LogP contribution in [0.3, 0.4) is 0 Å². The van der Waals surface area contributed by atoms with E-state index in [-0.39, 0.29) is 128 Å². The number of hydrogen-bond acceptors (Lipinski definition) is 31. The average molecular weight is 1080 g/mol. The molecule has 6 heterocycles. The van der Waals surface area contributed by atoms with Crippen LogP contribution in [0.2, 0.25) is 0 Å². The molecule has 6 aromatic heterocycles. The molecule has 374 valence electrons. The molecule has 28 nitrogen and oxygen atoms in total. The Balaban J connectivity index is 1.35. The van der Waals surface area contributed by atoms with E-state index in [0.29, 0.717) is 12.6 Å². The number of ether oxygens (including phenoxy) is 6. The number of carbonyl (C=O) groups excluding carboxylic acids is 6. The molecule has 0 fully saturated rings. The van der Waals surface area contributed by atoms with Gasteiger partial charge >= 0.3 is 35.8 Å². The third-order valence-electron chi connectivity index (χ3n) is 8.71. The van der Waals surface area contributed by atoms with Crippen molar-refractivity contribution >= 4 is 106 Å². The molecule has 0 spiro atoms. The topological polar surface area (TPSA) is 331 Å². The lowest BCUT2D eigenvalue weighted by molar-refractivity contribution is 0.0504. The van der Waals surface area contributed by atoms with Gasteiger partial charge in [-0.05, 0) is 76.1 Å². The van der Waals surface area contributed by atoms with Crippen LogP contribution < -0.4 is 0 Å². The van der Waals surface area contributed by atoms with Gasteiger partial charge < -0.3 is 28.4 Å². The average Bonchev–Trinajstić information content (AvgIpc) is 4.21. The third kappa shape index (κ3) is 13.2. The van der Waals surface area contributed by atoms with Crippen LogP contribution in [0, 0.1) is 0 Å². The molecule has 0 amide bonds. The van der Waals surface area contributed by atoms with Gasteiger partial charge in [-0.2, -0.15) is 0 Å². The highest BCUT2D eigenvalue weighted by Crippen LogP contribution is 2.37. The summed E-state index contributed by atoms with van der Waals surface area (Å²) in [6.07, 6.45) is 0. The van der Waals surface area contributed by atoms with Crippen LogP contribution in [-0.2, 0) is 48.1 Å². The summed E-state index contributed by atoms with van der Waals surface area (Å²) >= 11 is 5.70. The van der Waals surface area contributed by atoms with Gasteiger partial charge in [0.1, 0.15) is 27.7 Å². The van der Waals surface area contributed by atoms with E-state index in [1.54, 1.807) is 41.5 Å². The van der Waals surface area contributed by atoms with E-state index in [1.165, 1.54) is 14.0 Å². The first kappa shape index (κ1) is 53.3. The molecule has 0 aliphatic carbocycles. The van der Waals surface area contributed by atoms with Gasteiger partial charge in [-0.3, -0.25) is 4.90 Å². The molecule has 0 aromatic carbocycles. The highest BCUT2D eigenvalue weighted by Gasteiger charge is 2.31. The van der Waals surface area contributed by atoms with Gasteiger partial charge in [0.05, 0.1) is 59.3 Å². The van der Waals surface area contributed by atoms with Crippen molar-refractivity contribution in [3.63, 3.8) is 0 Å². The molecule has 0 atom stereocenters. The molecule has 70 heavy (non-hydrogen) atoms. The predicted octanol–water partition coefficient (Wildman–Crippen LogP) is 3.23. The van der Waals surface area contributed by atoms with Crippen LogP contribution in [0.5, 0.6) is 0 Å². The van der Waals surface area contributed by atoms with E-state index in [1.807, 2.05) is 4.90 Å². The van der Waals surface area contributed by atoms with Crippen LogP contribution in [0.25, 0.3) is 0 Å². The fraction of sp³-hybridized carbons (Fsp3) is 0.500. The zero-order valence-corrected chi connectivity index (χ0v) is 42.9. The number of rotatable bonds is 27. The molecule has 0 radical (unpaired) electrons. The van der Waals surface area contributed by atoms with Gasteiger partial charge in [-0.15, -0.1) is 30.6 Å². The SMILES string of the molecule is CCOC(=O)c1nnsc1Sc1c(C(=O)OCC)nnn1CCN(CCn1nnc(C(=O)OCC)c1Sc1snnc1C(=O)OCC)CCn1nnc(C(=O)OCC)c1Sc1snnc1C(=O)OCC. The number of carbonyl (C=O) groups is 6. The second-order valence-corrected chi connectivity index (χ2v) is 19.1. The molecular weight excluding hydrogens is 1040 g/mol. The minimum Gasteiger partial charge on any atom is -0.461 e. The summed E-state index contributed by atoms with van der Waals surface area (Å²) < 4.78 is 48.5. The normalized spacial score (nSPS) is 11.2. The minimum absolute atomic E-state index is 0.0495. The van der Waals surface area contributed by atoms with Crippen LogP contribution in [0.4, 0.5) is 0 Å². The van der Waals surface area contributed by atoms with E-state index in [2.05, 4.69) is 59.7 Å². The van der Waals surface area contributed by atoms with Gasteiger partial charge in [0, 0.05) is 19.6 Å². The molecule has 0 aliphatic heterocycles. The van der Waals surface area contributed by atoms with Gasteiger partial charge in [0.15, 0.2) is 17.1 Å². The van der Waals surface area contributed by atoms with E-state index in [4.69, 9.17) is 28.4 Å². The Morgan fingerprint density at radius 2 is 0.643 bits per heavy atom. The smallest absolute Gasteiger partial charge is 0.361 e. The van der Waals surface area contributed by atoms with E-state index >= 15 is 0 Å². The van der Waals surface area contributed by atoms with Crippen molar-refractivity contribution in [3.05, 3.63) is 34.2 Å². The maximum absolute atomic E-state index is 13.2. The predicted molar refractivity (Wildman–Crippen MR) is 244 cm³/mol. The molecular formula is C36H42N16O12S6. The highest BCUT2D eigenvalue weighted by atomic mass is 32.2. The van der Waals surface area contributed by atoms with Crippen molar-refractivity contribution in [2.45, 2.75) is 88.9 Å². The van der Waals surface area contributed by atoms with Gasteiger partial charge in [-0.1, -0.05) is 64.4 Å². The van der Waals surface area contributed by atoms with Crippen LogP contribution in [0.15, 0.2) is 27.7 Å². The zero-order valence-electron chi connectivity index (χ0n) is 38.0. The summed E-state index contributed by atoms with van der Waals surface area (Å²) in [6, 6.07) is 0. The lowest BCUT2D eigenvalue weighted by Crippen LogP contribution is -2.34. The summed E-state index contributed by atoms with van der Waals surface area (Å²) in [5.74, 6) is -4.38. The molecule has 0 aliphatic rings. The number of hydrogen-bond donors (Lipinski definition) is 0. The van der Waals surface area contributed by atoms with Crippen molar-refractivity contribution in [3.8, 4) is 0 Å². The lowest BCUT2D eigenvalue weighted by atomic mass is 10.4. The Morgan fingerprint density at radius 3 is 0.886 bits per heavy atom. The van der Waals surface area contributed by atoms with E-state index in [9.17, 15) is 28.8 Å². The first-order valence-corrected chi connectivity index (χ1v) is 25.8. The standard InChI is InChI=1S/C36H42N16O12S6/c1-7-59-28(53)19-25(65-34-22(40-46-68-34)31(56)62-10-4)50(43-37-19)16-13-49(14-17-51-26(20(38-44-51)29(54)60-8-2)66-35-23(41-47-69-35)32(57)63-11-5)15-18-52-27(21(39-45-52)30(55)61-9-3)67-36-24(42-48-70-36)33(58)64-12-6/h7-18H2,1-6H3. The Kier molecular flexibility index (Phi) is 20.0. The van der Waals surface area contributed by atoms with Crippen molar-refractivity contribution < 1.29 is 57.2 Å². The van der Waals surface area contributed by atoms with Crippen LogP contribution >= 0.6 is 69.9 Å².